The molecule has 0 saturated carbocycles. The normalized spacial score (nSPS) is 16.0. The average molecular weight is 356 g/mol. The van der Waals surface area contributed by atoms with E-state index in [9.17, 15) is 14.4 Å². The number of aliphatic carboxylic acids is 1. The van der Waals surface area contributed by atoms with Gasteiger partial charge in [-0.05, 0) is 17.5 Å². The molecule has 136 valence electrons. The molecule has 8 heteroatoms. The molecule has 1 atom stereocenters. The molecule has 1 aliphatic rings. The lowest BCUT2D eigenvalue weighted by Gasteiger charge is -2.36. The first-order chi connectivity index (χ1) is 12.4. The number of carboxylic acid groups (broad SMARTS) is 1. The zero-order valence-electron chi connectivity index (χ0n) is 14.4. The van der Waals surface area contributed by atoms with Gasteiger partial charge in [-0.1, -0.05) is 24.3 Å². The quantitative estimate of drug-likeness (QED) is 0.843. The molecule has 2 amide bonds. The average Bonchev–Trinajstić information content (AvgIpc) is 3.00. The third-order valence-corrected chi connectivity index (χ3v) is 4.40. The molecule has 1 aliphatic heterocycles. The van der Waals surface area contributed by atoms with Crippen molar-refractivity contribution in [3.05, 3.63) is 47.7 Å². The van der Waals surface area contributed by atoms with Crippen molar-refractivity contribution in [1.82, 2.24) is 14.7 Å². The fourth-order valence-corrected chi connectivity index (χ4v) is 3.27. The number of fused-ring (bicyclic) bond motifs is 1. The van der Waals surface area contributed by atoms with Gasteiger partial charge in [0.2, 0.25) is 11.8 Å². The molecule has 1 aromatic heterocycles. The van der Waals surface area contributed by atoms with Crippen molar-refractivity contribution in [2.75, 3.05) is 11.9 Å². The highest BCUT2D eigenvalue weighted by Crippen LogP contribution is 2.32. The molecule has 0 fully saturated rings. The van der Waals surface area contributed by atoms with E-state index < -0.39 is 5.97 Å². The Kier molecular flexibility index (Phi) is 5.01. The highest BCUT2D eigenvalue weighted by atomic mass is 16.4. The van der Waals surface area contributed by atoms with Crippen LogP contribution in [-0.2, 0) is 27.3 Å². The molecule has 26 heavy (non-hydrogen) atoms. The van der Waals surface area contributed by atoms with Gasteiger partial charge < -0.3 is 15.3 Å². The first-order valence-electron chi connectivity index (χ1n) is 8.34. The van der Waals surface area contributed by atoms with Gasteiger partial charge >= 0.3 is 5.97 Å². The summed E-state index contributed by atoms with van der Waals surface area (Å²) < 4.78 is 1.23. The Balaban J connectivity index is 1.73. The molecule has 1 unspecified atom stereocenters. The number of nitrogens with zero attached hydrogens (tertiary/aromatic N) is 3. The maximum Gasteiger partial charge on any atom is 0.325 e. The molecular weight excluding hydrogens is 336 g/mol. The van der Waals surface area contributed by atoms with Gasteiger partial charge in [-0.2, -0.15) is 5.10 Å². The summed E-state index contributed by atoms with van der Waals surface area (Å²) in [5, 5.41) is 15.4. The second-order valence-electron chi connectivity index (χ2n) is 6.22. The van der Waals surface area contributed by atoms with E-state index in [1.807, 2.05) is 24.3 Å². The summed E-state index contributed by atoms with van der Waals surface area (Å²) in [5.74, 6) is -1.07. The van der Waals surface area contributed by atoms with Gasteiger partial charge in [0.15, 0.2) is 5.82 Å². The number of hydrogen-bond acceptors (Lipinski definition) is 4. The number of benzene rings is 1. The predicted molar refractivity (Wildman–Crippen MR) is 93.4 cm³/mol. The molecule has 0 saturated heterocycles. The van der Waals surface area contributed by atoms with E-state index in [0.717, 1.165) is 17.5 Å². The van der Waals surface area contributed by atoms with Crippen LogP contribution in [0.25, 0.3) is 0 Å². The highest BCUT2D eigenvalue weighted by molar-refractivity contribution is 5.90. The number of amides is 2. The zero-order valence-corrected chi connectivity index (χ0v) is 14.4. The Hall–Kier alpha value is -3.16. The van der Waals surface area contributed by atoms with Crippen molar-refractivity contribution in [2.24, 2.45) is 0 Å². The summed E-state index contributed by atoms with van der Waals surface area (Å²) in [5.41, 5.74) is 2.13. The summed E-state index contributed by atoms with van der Waals surface area (Å²) in [4.78, 5) is 36.9. The van der Waals surface area contributed by atoms with Crippen molar-refractivity contribution in [3.63, 3.8) is 0 Å². The van der Waals surface area contributed by atoms with Gasteiger partial charge in [-0.25, -0.2) is 0 Å². The minimum atomic E-state index is -1.01. The second kappa shape index (κ2) is 7.38. The van der Waals surface area contributed by atoms with Gasteiger partial charge in [-0.15, -0.1) is 0 Å². The number of aromatic nitrogens is 2. The summed E-state index contributed by atoms with van der Waals surface area (Å²) in [6.07, 6.45) is 2.37. The molecule has 2 heterocycles. The first-order valence-corrected chi connectivity index (χ1v) is 8.34. The van der Waals surface area contributed by atoms with Crippen LogP contribution in [0, 0.1) is 0 Å². The van der Waals surface area contributed by atoms with Crippen LogP contribution in [0.2, 0.25) is 0 Å². The number of rotatable bonds is 5. The standard InChI is InChI=1S/C18H20N4O4/c1-12(23)22-9-6-13-4-2-3-5-14(13)15(22)10-17(24)19-16-7-8-21(20-16)11-18(25)26/h2-5,7-8,15H,6,9-11H2,1H3,(H,25,26)(H,19,20,24). The van der Waals surface area contributed by atoms with Crippen LogP contribution >= 0.6 is 0 Å². The van der Waals surface area contributed by atoms with Crippen LogP contribution in [0.15, 0.2) is 36.5 Å². The minimum absolute atomic E-state index is 0.0666. The Labute approximate surface area is 150 Å². The van der Waals surface area contributed by atoms with Gasteiger partial charge in [-0.3, -0.25) is 19.1 Å². The number of nitrogens with one attached hydrogen (secondary N) is 1. The van der Waals surface area contributed by atoms with Gasteiger partial charge in [0.1, 0.15) is 6.54 Å². The summed E-state index contributed by atoms with van der Waals surface area (Å²) in [6, 6.07) is 9.04. The van der Waals surface area contributed by atoms with E-state index in [1.54, 1.807) is 11.0 Å². The van der Waals surface area contributed by atoms with Gasteiger partial charge in [0, 0.05) is 25.7 Å². The number of carboxylic acids is 1. The van der Waals surface area contributed by atoms with Crippen LogP contribution in [0.5, 0.6) is 0 Å². The highest BCUT2D eigenvalue weighted by Gasteiger charge is 2.30. The Morgan fingerprint density at radius 2 is 2.04 bits per heavy atom. The second-order valence-corrected chi connectivity index (χ2v) is 6.22. The Morgan fingerprint density at radius 1 is 1.27 bits per heavy atom. The molecule has 8 nitrogen and oxygen atoms in total. The Bertz CT molecular complexity index is 845. The molecule has 0 spiro atoms. The third-order valence-electron chi connectivity index (χ3n) is 4.40. The molecule has 3 rings (SSSR count). The number of carbonyl (C=O) groups is 3. The van der Waals surface area contributed by atoms with Crippen molar-refractivity contribution >= 4 is 23.6 Å². The monoisotopic (exact) mass is 356 g/mol. The first kappa shape index (κ1) is 17.7. The van der Waals surface area contributed by atoms with Crippen LogP contribution in [-0.4, -0.2) is 44.1 Å². The van der Waals surface area contributed by atoms with Crippen molar-refractivity contribution in [3.8, 4) is 0 Å². The molecule has 0 bridgehead atoms. The molecule has 0 aliphatic carbocycles. The van der Waals surface area contributed by atoms with Gasteiger partial charge in [0.05, 0.1) is 12.5 Å². The minimum Gasteiger partial charge on any atom is -0.480 e. The van der Waals surface area contributed by atoms with Crippen LogP contribution in [0.3, 0.4) is 0 Å². The number of hydrogen-bond donors (Lipinski definition) is 2. The largest absolute Gasteiger partial charge is 0.480 e. The lowest BCUT2D eigenvalue weighted by molar-refractivity contribution is -0.138. The fourth-order valence-electron chi connectivity index (χ4n) is 3.27. The third kappa shape index (κ3) is 3.90. The van der Waals surface area contributed by atoms with Crippen LogP contribution in [0.4, 0.5) is 5.82 Å². The number of carbonyl (C=O) groups excluding carboxylic acids is 2. The molecule has 0 radical (unpaired) electrons. The van der Waals surface area contributed by atoms with E-state index in [2.05, 4.69) is 10.4 Å². The van der Waals surface area contributed by atoms with Crippen LogP contribution < -0.4 is 5.32 Å². The number of anilines is 1. The summed E-state index contributed by atoms with van der Waals surface area (Å²) in [6.45, 7) is 1.81. The topological polar surface area (TPSA) is 105 Å². The maximum atomic E-state index is 12.5. The van der Waals surface area contributed by atoms with E-state index in [4.69, 9.17) is 5.11 Å². The molecule has 2 aromatic rings. The van der Waals surface area contributed by atoms with E-state index in [-0.39, 0.29) is 36.6 Å². The van der Waals surface area contributed by atoms with Crippen molar-refractivity contribution in [2.45, 2.75) is 32.4 Å². The summed E-state index contributed by atoms with van der Waals surface area (Å²) >= 11 is 0. The fraction of sp³-hybridized carbons (Fsp3) is 0.333. The zero-order chi connectivity index (χ0) is 18.7. The summed E-state index contributed by atoms with van der Waals surface area (Å²) in [7, 11) is 0. The van der Waals surface area contributed by atoms with Gasteiger partial charge in [0.25, 0.3) is 0 Å². The molecular formula is C18H20N4O4. The van der Waals surface area contributed by atoms with E-state index >= 15 is 0 Å². The lowest BCUT2D eigenvalue weighted by Crippen LogP contribution is -2.40. The lowest BCUT2D eigenvalue weighted by atomic mass is 9.90. The molecule has 2 N–H and O–H groups in total. The molecule has 1 aromatic carbocycles. The van der Waals surface area contributed by atoms with E-state index in [1.165, 1.54) is 17.8 Å². The van der Waals surface area contributed by atoms with Crippen molar-refractivity contribution < 1.29 is 19.5 Å². The maximum absolute atomic E-state index is 12.5. The van der Waals surface area contributed by atoms with Crippen LogP contribution in [0.1, 0.15) is 30.5 Å². The van der Waals surface area contributed by atoms with Crippen molar-refractivity contribution in [1.29, 1.82) is 0 Å². The Morgan fingerprint density at radius 3 is 2.77 bits per heavy atom. The predicted octanol–water partition coefficient (Wildman–Crippen LogP) is 1.44. The van der Waals surface area contributed by atoms with E-state index in [0.29, 0.717) is 6.54 Å². The SMILES string of the molecule is CC(=O)N1CCc2ccccc2C1CC(=O)Nc1ccn(CC(=O)O)n1. The smallest absolute Gasteiger partial charge is 0.325 e.